The fourth-order valence-corrected chi connectivity index (χ4v) is 8.22. The zero-order valence-electron chi connectivity index (χ0n) is 23.1. The Morgan fingerprint density at radius 1 is 0.512 bits per heavy atom. The number of hydrogen-bond donors (Lipinski definition) is 2. The Labute approximate surface area is 253 Å². The second-order valence-corrected chi connectivity index (χ2v) is 12.3. The van der Waals surface area contributed by atoms with E-state index < -0.39 is 5.41 Å². The Balaban J connectivity index is 1.31. The minimum atomic E-state index is -0.489. The standard InChI is InChI=1S/C39H25N3S/c40-37(24-11-2-1-3-12-24)43-38(41)25-21-22-31-29(23-25)26-13-4-6-16-30(26)39(31)32-17-7-9-20-35(32)42-34-19-8-5-14-27(34)28-15-10-18-33(39)36(28)42/h1-23,40-41H. The van der Waals surface area contributed by atoms with E-state index in [2.05, 4.69) is 114 Å². The van der Waals surface area contributed by atoms with E-state index in [-0.39, 0.29) is 0 Å². The van der Waals surface area contributed by atoms with Crippen molar-refractivity contribution in [3.63, 3.8) is 0 Å². The second-order valence-electron chi connectivity index (χ2n) is 11.3. The molecule has 1 unspecified atom stereocenters. The first-order valence-corrected chi connectivity index (χ1v) is 15.3. The summed E-state index contributed by atoms with van der Waals surface area (Å²) in [5, 5.41) is 20.9. The number of nitrogens with one attached hydrogen (secondary N) is 2. The van der Waals surface area contributed by atoms with Gasteiger partial charge in [-0.2, -0.15) is 0 Å². The monoisotopic (exact) mass is 567 g/mol. The van der Waals surface area contributed by atoms with Crippen LogP contribution < -0.4 is 0 Å². The first-order valence-electron chi connectivity index (χ1n) is 14.5. The second kappa shape index (κ2) is 8.90. The van der Waals surface area contributed by atoms with E-state index in [9.17, 15) is 0 Å². The molecule has 7 aromatic rings. The lowest BCUT2D eigenvalue weighted by Gasteiger charge is -2.39. The molecule has 2 heterocycles. The van der Waals surface area contributed by atoms with E-state index in [1.165, 1.54) is 67.1 Å². The molecule has 0 amide bonds. The molecule has 2 aliphatic rings. The van der Waals surface area contributed by atoms with Crippen molar-refractivity contribution in [2.24, 2.45) is 0 Å². The van der Waals surface area contributed by atoms with Gasteiger partial charge in [-0.25, -0.2) is 0 Å². The van der Waals surface area contributed by atoms with Crippen LogP contribution in [0.2, 0.25) is 0 Å². The van der Waals surface area contributed by atoms with E-state index in [0.717, 1.165) is 16.7 Å². The third-order valence-corrected chi connectivity index (χ3v) is 10.1. The molecule has 43 heavy (non-hydrogen) atoms. The van der Waals surface area contributed by atoms with Crippen molar-refractivity contribution >= 4 is 43.7 Å². The number of benzene rings is 6. The Kier molecular flexibility index (Phi) is 5.06. The van der Waals surface area contributed by atoms with Crippen molar-refractivity contribution in [1.29, 1.82) is 10.8 Å². The van der Waals surface area contributed by atoms with Gasteiger partial charge in [-0.3, -0.25) is 10.8 Å². The van der Waals surface area contributed by atoms with Crippen LogP contribution in [0.3, 0.4) is 0 Å². The Bertz CT molecular complexity index is 2310. The lowest BCUT2D eigenvalue weighted by Crippen LogP contribution is -2.33. The van der Waals surface area contributed by atoms with Gasteiger partial charge < -0.3 is 4.57 Å². The van der Waals surface area contributed by atoms with Gasteiger partial charge in [-0.05, 0) is 51.6 Å². The highest BCUT2D eigenvalue weighted by atomic mass is 32.2. The van der Waals surface area contributed by atoms with E-state index in [0.29, 0.717) is 10.1 Å². The van der Waals surface area contributed by atoms with Crippen molar-refractivity contribution in [2.75, 3.05) is 0 Å². The Hall–Kier alpha value is -5.19. The van der Waals surface area contributed by atoms with Gasteiger partial charge >= 0.3 is 0 Å². The SMILES string of the molecule is N=C(SC(=N)c1ccc2c(c1)-c1ccccc1C21c2ccccc2-n2c3ccccc3c3cccc1c32)c1ccccc1. The van der Waals surface area contributed by atoms with Gasteiger partial charge in [0.1, 0.15) is 10.1 Å². The lowest BCUT2D eigenvalue weighted by atomic mass is 9.65. The van der Waals surface area contributed by atoms with Crippen LogP contribution >= 0.6 is 11.8 Å². The normalized spacial score (nSPS) is 15.8. The van der Waals surface area contributed by atoms with E-state index in [1.54, 1.807) is 0 Å². The third kappa shape index (κ3) is 3.16. The van der Waals surface area contributed by atoms with Gasteiger partial charge in [-0.15, -0.1) is 0 Å². The number of fused-ring (bicyclic) bond motifs is 12. The molecular weight excluding hydrogens is 543 g/mol. The van der Waals surface area contributed by atoms with Crippen molar-refractivity contribution in [3.8, 4) is 16.8 Å². The molecule has 9 rings (SSSR count). The highest BCUT2D eigenvalue weighted by Gasteiger charge is 2.50. The predicted octanol–water partition coefficient (Wildman–Crippen LogP) is 9.54. The minimum Gasteiger partial charge on any atom is -0.309 e. The molecule has 1 aromatic heterocycles. The van der Waals surface area contributed by atoms with Crippen LogP contribution in [-0.4, -0.2) is 14.7 Å². The van der Waals surface area contributed by atoms with Gasteiger partial charge in [0.05, 0.1) is 22.1 Å². The minimum absolute atomic E-state index is 0.376. The molecule has 202 valence electrons. The molecule has 0 fully saturated rings. The van der Waals surface area contributed by atoms with Crippen LogP contribution in [-0.2, 0) is 5.41 Å². The predicted molar refractivity (Wildman–Crippen MR) is 179 cm³/mol. The van der Waals surface area contributed by atoms with Crippen LogP contribution in [0.5, 0.6) is 0 Å². The van der Waals surface area contributed by atoms with Crippen LogP contribution in [0, 0.1) is 10.8 Å². The van der Waals surface area contributed by atoms with Crippen LogP contribution in [0.25, 0.3) is 38.6 Å². The first-order chi connectivity index (χ1) is 21.2. The summed E-state index contributed by atoms with van der Waals surface area (Å²) in [5.41, 5.74) is 12.3. The zero-order chi connectivity index (χ0) is 28.7. The number of aromatic nitrogens is 1. The highest BCUT2D eigenvalue weighted by molar-refractivity contribution is 8.27. The Morgan fingerprint density at radius 3 is 2.05 bits per heavy atom. The molecule has 1 aliphatic carbocycles. The van der Waals surface area contributed by atoms with Crippen LogP contribution in [0.15, 0.2) is 140 Å². The fourth-order valence-electron chi connectivity index (χ4n) is 7.52. The molecule has 3 nitrogen and oxygen atoms in total. The van der Waals surface area contributed by atoms with E-state index >= 15 is 0 Å². The summed E-state index contributed by atoms with van der Waals surface area (Å²) >= 11 is 1.20. The maximum absolute atomic E-state index is 8.98. The molecule has 0 saturated carbocycles. The molecule has 4 heteroatoms. The molecule has 0 saturated heterocycles. The molecule has 2 N–H and O–H groups in total. The smallest absolute Gasteiger partial charge is 0.101 e. The average Bonchev–Trinajstić information content (AvgIpc) is 3.56. The highest BCUT2D eigenvalue weighted by Crippen LogP contribution is 2.61. The molecule has 0 bridgehead atoms. The first kappa shape index (κ1) is 24.4. The van der Waals surface area contributed by atoms with Gasteiger partial charge in [0, 0.05) is 21.9 Å². The summed E-state index contributed by atoms with van der Waals surface area (Å²) in [6.07, 6.45) is 0. The molecule has 0 radical (unpaired) electrons. The van der Waals surface area contributed by atoms with Gasteiger partial charge in [0.25, 0.3) is 0 Å². The van der Waals surface area contributed by atoms with Crippen LogP contribution in [0.1, 0.15) is 33.4 Å². The molecular formula is C39H25N3S. The summed E-state index contributed by atoms with van der Waals surface area (Å²) in [7, 11) is 0. The molecule has 6 aromatic carbocycles. The number of nitrogens with zero attached hydrogens (tertiary/aromatic N) is 1. The Morgan fingerprint density at radius 2 is 1.16 bits per heavy atom. The van der Waals surface area contributed by atoms with Crippen LogP contribution in [0.4, 0.5) is 0 Å². The van der Waals surface area contributed by atoms with E-state index in [4.69, 9.17) is 10.8 Å². The van der Waals surface area contributed by atoms with E-state index in [1.807, 2.05) is 30.3 Å². The zero-order valence-corrected chi connectivity index (χ0v) is 24.0. The molecule has 1 atom stereocenters. The topological polar surface area (TPSA) is 52.6 Å². The maximum atomic E-state index is 8.98. The number of rotatable bonds is 2. The summed E-state index contributed by atoms with van der Waals surface area (Å²) in [4.78, 5) is 0. The maximum Gasteiger partial charge on any atom is 0.101 e. The summed E-state index contributed by atoms with van der Waals surface area (Å²) in [5.74, 6) is 0. The van der Waals surface area contributed by atoms with Gasteiger partial charge in [-0.1, -0.05) is 133 Å². The fraction of sp³-hybridized carbons (Fsp3) is 0.0256. The number of hydrogen-bond acceptors (Lipinski definition) is 3. The van der Waals surface area contributed by atoms with Crippen molar-refractivity contribution in [2.45, 2.75) is 5.41 Å². The summed E-state index contributed by atoms with van der Waals surface area (Å²) in [6.45, 7) is 0. The number of thioether (sulfide) groups is 1. The van der Waals surface area contributed by atoms with Crippen molar-refractivity contribution in [3.05, 3.63) is 173 Å². The summed E-state index contributed by atoms with van der Waals surface area (Å²) < 4.78 is 2.46. The average molecular weight is 568 g/mol. The van der Waals surface area contributed by atoms with Crippen molar-refractivity contribution < 1.29 is 0 Å². The van der Waals surface area contributed by atoms with Gasteiger partial charge in [0.2, 0.25) is 0 Å². The number of para-hydroxylation sites is 3. The largest absolute Gasteiger partial charge is 0.309 e. The van der Waals surface area contributed by atoms with Gasteiger partial charge in [0.15, 0.2) is 0 Å². The summed E-state index contributed by atoms with van der Waals surface area (Å²) in [6, 6.07) is 49.3. The third-order valence-electron chi connectivity index (χ3n) is 9.19. The molecule has 1 aliphatic heterocycles. The molecule has 1 spiro atoms. The quantitative estimate of drug-likeness (QED) is 0.159. The van der Waals surface area contributed by atoms with Crippen molar-refractivity contribution in [1.82, 2.24) is 4.57 Å². The lowest BCUT2D eigenvalue weighted by molar-refractivity contribution is 0.748.